The van der Waals surface area contributed by atoms with Crippen molar-refractivity contribution in [3.8, 4) is 0 Å². The van der Waals surface area contributed by atoms with Crippen LogP contribution in [-0.2, 0) is 4.79 Å². The molecule has 1 aromatic heterocycles. The Morgan fingerprint density at radius 1 is 1.23 bits per heavy atom. The van der Waals surface area contributed by atoms with Crippen molar-refractivity contribution < 1.29 is 14.4 Å². The third-order valence-corrected chi connectivity index (χ3v) is 4.52. The Kier molecular flexibility index (Phi) is 3.68. The molecule has 0 bridgehead atoms. The molecule has 0 radical (unpaired) electrons. The first kappa shape index (κ1) is 14.3. The molecular weight excluding hydrogens is 306 g/mol. The minimum Gasteiger partial charge on any atom is -0.711 e. The molecule has 0 aliphatic carbocycles. The van der Waals surface area contributed by atoms with E-state index in [0.717, 1.165) is 5.56 Å². The fraction of sp³-hybridized carbons (Fsp3) is 0.143. The van der Waals surface area contributed by atoms with Gasteiger partial charge in [0.2, 0.25) is 0 Å². The first-order chi connectivity index (χ1) is 10.6. The number of anilines is 1. The number of carbonyl (C=O) groups excluding carboxylic acids is 1. The maximum absolute atomic E-state index is 12.1. The highest BCUT2D eigenvalue weighted by Gasteiger charge is 2.42. The van der Waals surface area contributed by atoms with E-state index in [0.29, 0.717) is 4.73 Å². The Balaban J connectivity index is 1.97. The summed E-state index contributed by atoms with van der Waals surface area (Å²) in [6.45, 7) is 0. The normalized spacial score (nSPS) is 17.7. The molecule has 22 heavy (non-hydrogen) atoms. The first-order valence-electron chi connectivity index (χ1n) is 6.44. The van der Waals surface area contributed by atoms with E-state index in [4.69, 9.17) is 0 Å². The first-order valence-corrected chi connectivity index (χ1v) is 7.49. The molecule has 1 amide bonds. The third kappa shape index (κ3) is 2.48. The van der Waals surface area contributed by atoms with E-state index >= 15 is 0 Å². The van der Waals surface area contributed by atoms with Gasteiger partial charge in [-0.1, -0.05) is 17.8 Å². The summed E-state index contributed by atoms with van der Waals surface area (Å²) in [5.41, 5.74) is 0.730. The summed E-state index contributed by atoms with van der Waals surface area (Å²) in [7, 11) is 0. The number of aromatic nitrogens is 1. The molecule has 1 unspecified atom stereocenters. The summed E-state index contributed by atoms with van der Waals surface area (Å²) in [5, 5.41) is 22.2. The standard InChI is InChI=1S/C14H11N3O4S/c18-13-9-22-14(10-4-6-11(7-5-10)17(20)21)16(13)12-3-1-2-8-15(12)19/h1-8,14H,9H2. The van der Waals surface area contributed by atoms with Crippen LogP contribution in [0.5, 0.6) is 0 Å². The van der Waals surface area contributed by atoms with E-state index in [-0.39, 0.29) is 28.5 Å². The number of nitrogens with zero attached hydrogens (tertiary/aromatic N) is 3. The van der Waals surface area contributed by atoms with Crippen molar-refractivity contribution in [2.24, 2.45) is 0 Å². The van der Waals surface area contributed by atoms with Gasteiger partial charge in [0.15, 0.2) is 5.37 Å². The molecule has 2 heterocycles. The van der Waals surface area contributed by atoms with Crippen LogP contribution in [0.3, 0.4) is 0 Å². The number of pyridine rings is 1. The number of amides is 1. The van der Waals surface area contributed by atoms with Gasteiger partial charge in [-0.15, -0.1) is 0 Å². The Morgan fingerprint density at radius 3 is 2.59 bits per heavy atom. The van der Waals surface area contributed by atoms with Gasteiger partial charge in [0.25, 0.3) is 11.5 Å². The van der Waals surface area contributed by atoms with Crippen molar-refractivity contribution in [3.63, 3.8) is 0 Å². The summed E-state index contributed by atoms with van der Waals surface area (Å²) in [6.07, 6.45) is 1.33. The number of nitro benzene ring substituents is 1. The largest absolute Gasteiger partial charge is 0.711 e. The molecule has 1 aliphatic rings. The van der Waals surface area contributed by atoms with Crippen LogP contribution in [0.2, 0.25) is 0 Å². The molecule has 3 rings (SSSR count). The van der Waals surface area contributed by atoms with E-state index in [1.54, 1.807) is 30.3 Å². The van der Waals surface area contributed by atoms with Crippen molar-refractivity contribution in [2.75, 3.05) is 10.7 Å². The van der Waals surface area contributed by atoms with Gasteiger partial charge in [-0.3, -0.25) is 10.1 Å². The maximum Gasteiger partial charge on any atom is 0.321 e. The van der Waals surface area contributed by atoms with Gasteiger partial charge in [-0.05, 0) is 18.2 Å². The fourth-order valence-corrected chi connectivity index (χ4v) is 3.45. The smallest absolute Gasteiger partial charge is 0.321 e. The molecule has 0 spiro atoms. The maximum atomic E-state index is 12.1. The molecule has 112 valence electrons. The zero-order valence-corrected chi connectivity index (χ0v) is 12.1. The molecule has 1 fully saturated rings. The lowest BCUT2D eigenvalue weighted by molar-refractivity contribution is -0.591. The number of thioether (sulfide) groups is 1. The Morgan fingerprint density at radius 2 is 1.95 bits per heavy atom. The van der Waals surface area contributed by atoms with Crippen LogP contribution < -0.4 is 9.63 Å². The van der Waals surface area contributed by atoms with E-state index < -0.39 is 4.92 Å². The van der Waals surface area contributed by atoms with Gasteiger partial charge in [-0.2, -0.15) is 4.90 Å². The summed E-state index contributed by atoms with van der Waals surface area (Å²) in [6, 6.07) is 10.9. The van der Waals surface area contributed by atoms with Crippen LogP contribution in [0.1, 0.15) is 10.9 Å². The molecule has 1 aliphatic heterocycles. The lowest BCUT2D eigenvalue weighted by atomic mass is 10.2. The zero-order valence-electron chi connectivity index (χ0n) is 11.3. The summed E-state index contributed by atoms with van der Waals surface area (Å²) in [4.78, 5) is 23.8. The number of carbonyl (C=O) groups is 1. The molecular formula is C14H11N3O4S. The number of hydrogen-bond acceptors (Lipinski definition) is 5. The molecule has 0 saturated carbocycles. The average Bonchev–Trinajstić information content (AvgIpc) is 2.89. The molecule has 0 N–H and O–H groups in total. The minimum absolute atomic E-state index is 0.0109. The van der Waals surface area contributed by atoms with Gasteiger partial charge in [-0.25, -0.2) is 9.52 Å². The van der Waals surface area contributed by atoms with Crippen LogP contribution in [0.15, 0.2) is 48.7 Å². The Hall–Kier alpha value is -2.61. The summed E-state index contributed by atoms with van der Waals surface area (Å²) in [5.74, 6) is 0.348. The van der Waals surface area contributed by atoms with Gasteiger partial charge in [0.1, 0.15) is 5.75 Å². The predicted molar refractivity (Wildman–Crippen MR) is 81.2 cm³/mol. The number of non-ortho nitro benzene ring substituents is 1. The monoisotopic (exact) mass is 317 g/mol. The van der Waals surface area contributed by atoms with Crippen LogP contribution in [0, 0.1) is 15.3 Å². The molecule has 1 saturated heterocycles. The van der Waals surface area contributed by atoms with Crippen molar-refractivity contribution in [2.45, 2.75) is 5.37 Å². The third-order valence-electron chi connectivity index (χ3n) is 3.31. The average molecular weight is 317 g/mol. The van der Waals surface area contributed by atoms with Crippen molar-refractivity contribution in [3.05, 3.63) is 69.5 Å². The highest BCUT2D eigenvalue weighted by Crippen LogP contribution is 2.40. The van der Waals surface area contributed by atoms with Gasteiger partial charge >= 0.3 is 5.91 Å². The molecule has 1 atom stereocenters. The number of nitro groups is 1. The quantitative estimate of drug-likeness (QED) is 0.374. The second kappa shape index (κ2) is 5.64. The topological polar surface area (TPSA) is 90.4 Å². The Labute approximate surface area is 129 Å². The van der Waals surface area contributed by atoms with E-state index in [1.807, 2.05) is 0 Å². The minimum atomic E-state index is -0.475. The molecule has 7 nitrogen and oxygen atoms in total. The zero-order chi connectivity index (χ0) is 15.7. The van der Waals surface area contributed by atoms with Gasteiger partial charge in [0.05, 0.1) is 11.1 Å². The van der Waals surface area contributed by atoms with Crippen LogP contribution in [-0.4, -0.2) is 16.6 Å². The molecule has 8 heteroatoms. The number of rotatable bonds is 3. The van der Waals surface area contributed by atoms with Crippen molar-refractivity contribution in [1.29, 1.82) is 0 Å². The van der Waals surface area contributed by atoms with E-state index in [2.05, 4.69) is 0 Å². The molecule has 2 aromatic rings. The predicted octanol–water partition coefficient (Wildman–Crippen LogP) is 2.01. The second-order valence-electron chi connectivity index (χ2n) is 4.66. The lowest BCUT2D eigenvalue weighted by Gasteiger charge is -2.19. The number of benzene rings is 1. The second-order valence-corrected chi connectivity index (χ2v) is 5.73. The lowest BCUT2D eigenvalue weighted by Crippen LogP contribution is -2.39. The van der Waals surface area contributed by atoms with Crippen LogP contribution in [0.4, 0.5) is 11.5 Å². The summed E-state index contributed by atoms with van der Waals surface area (Å²) >= 11 is 1.38. The van der Waals surface area contributed by atoms with E-state index in [9.17, 15) is 20.1 Å². The highest BCUT2D eigenvalue weighted by molar-refractivity contribution is 8.00. The Bertz CT molecular complexity index is 735. The van der Waals surface area contributed by atoms with E-state index in [1.165, 1.54) is 35.0 Å². The van der Waals surface area contributed by atoms with Crippen LogP contribution >= 0.6 is 11.8 Å². The van der Waals surface area contributed by atoms with Crippen molar-refractivity contribution >= 4 is 29.2 Å². The van der Waals surface area contributed by atoms with Crippen molar-refractivity contribution in [1.82, 2.24) is 0 Å². The van der Waals surface area contributed by atoms with Gasteiger partial charge < -0.3 is 5.21 Å². The summed E-state index contributed by atoms with van der Waals surface area (Å²) < 4.78 is 0.641. The fourth-order valence-electron chi connectivity index (χ4n) is 2.28. The highest BCUT2D eigenvalue weighted by atomic mass is 32.2. The SMILES string of the molecule is O=C1CSC(c2ccc([N+](=O)[O-])cc2)N1c1cccc[n+]1[O-]. The number of hydrogen-bond donors (Lipinski definition) is 0. The van der Waals surface area contributed by atoms with Crippen LogP contribution in [0.25, 0.3) is 0 Å². The molecule has 1 aromatic carbocycles. The van der Waals surface area contributed by atoms with Gasteiger partial charge in [0, 0.05) is 23.8 Å².